The topological polar surface area (TPSA) is 83.3 Å². The molecule has 3 heterocycles. The minimum absolute atomic E-state index is 0.116. The quantitative estimate of drug-likeness (QED) is 0.879. The molecule has 4 atom stereocenters. The highest BCUT2D eigenvalue weighted by Gasteiger charge is 2.46. The molecule has 2 saturated heterocycles. The van der Waals surface area contributed by atoms with E-state index >= 15 is 0 Å². The van der Waals surface area contributed by atoms with Gasteiger partial charge in [-0.25, -0.2) is 5.43 Å². The number of nitrogens with zero attached hydrogens (tertiary/aromatic N) is 3. The van der Waals surface area contributed by atoms with Crippen LogP contribution in [0.4, 0.5) is 0 Å². The lowest BCUT2D eigenvalue weighted by atomic mass is 9.96. The fraction of sp³-hybridized carbons (Fsp3) is 0.526. The zero-order valence-corrected chi connectivity index (χ0v) is 14.6. The average molecular weight is 353 g/mol. The number of nitrogens with one attached hydrogen (secondary N) is 2. The van der Waals surface area contributed by atoms with Crippen molar-refractivity contribution in [3.8, 4) is 11.4 Å². The SMILES string of the molecule is O=C(C1NNC2CCCC21)N1CCCC1c1nc(-c2ccccc2)no1. The van der Waals surface area contributed by atoms with E-state index < -0.39 is 0 Å². The third-order valence-electron chi connectivity index (χ3n) is 5.98. The number of hydrazine groups is 1. The zero-order chi connectivity index (χ0) is 17.5. The Balaban J connectivity index is 1.36. The molecule has 4 unspecified atom stereocenters. The molecular weight excluding hydrogens is 330 g/mol. The van der Waals surface area contributed by atoms with E-state index in [0.717, 1.165) is 37.8 Å². The highest BCUT2D eigenvalue weighted by atomic mass is 16.5. The van der Waals surface area contributed by atoms with Gasteiger partial charge in [-0.15, -0.1) is 0 Å². The minimum Gasteiger partial charge on any atom is -0.337 e. The molecule has 1 aromatic carbocycles. The summed E-state index contributed by atoms with van der Waals surface area (Å²) < 4.78 is 5.54. The first-order valence-corrected chi connectivity index (χ1v) is 9.52. The Labute approximate surface area is 152 Å². The number of rotatable bonds is 3. The molecule has 0 bridgehead atoms. The van der Waals surface area contributed by atoms with Crippen LogP contribution in [0.15, 0.2) is 34.9 Å². The fourth-order valence-corrected chi connectivity index (χ4v) is 4.66. The van der Waals surface area contributed by atoms with E-state index in [1.807, 2.05) is 35.2 Å². The predicted octanol–water partition coefficient (Wildman–Crippen LogP) is 2.05. The van der Waals surface area contributed by atoms with Gasteiger partial charge in [-0.2, -0.15) is 4.98 Å². The van der Waals surface area contributed by atoms with E-state index in [1.165, 1.54) is 6.42 Å². The van der Waals surface area contributed by atoms with Crippen molar-refractivity contribution in [2.45, 2.75) is 50.2 Å². The summed E-state index contributed by atoms with van der Waals surface area (Å²) in [6, 6.07) is 9.95. The second kappa shape index (κ2) is 6.48. The Bertz CT molecular complexity index is 792. The van der Waals surface area contributed by atoms with Crippen molar-refractivity contribution >= 4 is 5.91 Å². The van der Waals surface area contributed by atoms with Crippen LogP contribution >= 0.6 is 0 Å². The lowest BCUT2D eigenvalue weighted by Gasteiger charge is -2.27. The number of aromatic nitrogens is 2. The molecule has 1 saturated carbocycles. The molecule has 2 aromatic rings. The van der Waals surface area contributed by atoms with Gasteiger partial charge in [0.1, 0.15) is 12.1 Å². The molecule has 0 spiro atoms. The highest BCUT2D eigenvalue weighted by molar-refractivity contribution is 5.83. The van der Waals surface area contributed by atoms with Crippen molar-refractivity contribution in [1.82, 2.24) is 25.9 Å². The summed E-state index contributed by atoms with van der Waals surface area (Å²) in [4.78, 5) is 19.7. The van der Waals surface area contributed by atoms with Crippen LogP contribution in [0.5, 0.6) is 0 Å². The third-order valence-corrected chi connectivity index (χ3v) is 5.98. The molecule has 7 nitrogen and oxygen atoms in total. The number of hydrogen-bond acceptors (Lipinski definition) is 6. The second-order valence-electron chi connectivity index (χ2n) is 7.48. The maximum absolute atomic E-state index is 13.2. The number of carbonyl (C=O) groups excluding carboxylic acids is 1. The Morgan fingerprint density at radius 3 is 2.88 bits per heavy atom. The van der Waals surface area contributed by atoms with Gasteiger partial charge in [-0.1, -0.05) is 41.9 Å². The molecule has 5 rings (SSSR count). The molecule has 3 aliphatic rings. The Morgan fingerprint density at radius 1 is 1.12 bits per heavy atom. The molecule has 1 aromatic heterocycles. The maximum Gasteiger partial charge on any atom is 0.249 e. The van der Waals surface area contributed by atoms with Gasteiger partial charge in [0.25, 0.3) is 0 Å². The van der Waals surface area contributed by atoms with Crippen molar-refractivity contribution in [2.75, 3.05) is 6.54 Å². The number of likely N-dealkylation sites (tertiary alicyclic amines) is 1. The van der Waals surface area contributed by atoms with Crippen LogP contribution in [0.25, 0.3) is 11.4 Å². The van der Waals surface area contributed by atoms with Crippen molar-refractivity contribution < 1.29 is 9.32 Å². The summed E-state index contributed by atoms with van der Waals surface area (Å²) >= 11 is 0. The van der Waals surface area contributed by atoms with Crippen molar-refractivity contribution in [3.63, 3.8) is 0 Å². The lowest BCUT2D eigenvalue weighted by molar-refractivity contribution is -0.135. The summed E-state index contributed by atoms with van der Waals surface area (Å²) in [5.41, 5.74) is 7.46. The summed E-state index contributed by atoms with van der Waals surface area (Å²) in [6.07, 6.45) is 5.29. The van der Waals surface area contributed by atoms with Crippen LogP contribution in [-0.2, 0) is 4.79 Å². The molecule has 136 valence electrons. The summed E-state index contributed by atoms with van der Waals surface area (Å²) in [7, 11) is 0. The van der Waals surface area contributed by atoms with Gasteiger partial charge in [0.15, 0.2) is 0 Å². The lowest BCUT2D eigenvalue weighted by Crippen LogP contribution is -2.47. The zero-order valence-electron chi connectivity index (χ0n) is 14.6. The van der Waals surface area contributed by atoms with Crippen molar-refractivity contribution in [2.24, 2.45) is 5.92 Å². The van der Waals surface area contributed by atoms with E-state index in [2.05, 4.69) is 21.0 Å². The molecule has 7 heteroatoms. The smallest absolute Gasteiger partial charge is 0.249 e. The molecule has 1 amide bonds. The normalized spacial score (nSPS) is 30.7. The van der Waals surface area contributed by atoms with Crippen LogP contribution in [0, 0.1) is 5.92 Å². The van der Waals surface area contributed by atoms with E-state index in [9.17, 15) is 4.79 Å². The molecule has 2 N–H and O–H groups in total. The monoisotopic (exact) mass is 353 g/mol. The summed E-state index contributed by atoms with van der Waals surface area (Å²) in [6.45, 7) is 0.752. The van der Waals surface area contributed by atoms with Gasteiger partial charge in [-0.05, 0) is 25.7 Å². The van der Waals surface area contributed by atoms with E-state index in [4.69, 9.17) is 4.52 Å². The number of hydrogen-bond donors (Lipinski definition) is 2. The van der Waals surface area contributed by atoms with Crippen LogP contribution in [0.2, 0.25) is 0 Å². The second-order valence-corrected chi connectivity index (χ2v) is 7.48. The fourth-order valence-electron chi connectivity index (χ4n) is 4.66. The molecule has 3 fully saturated rings. The Hall–Kier alpha value is -2.25. The molecule has 0 radical (unpaired) electrons. The highest BCUT2D eigenvalue weighted by Crippen LogP contribution is 2.36. The summed E-state index contributed by atoms with van der Waals surface area (Å²) in [5.74, 6) is 1.68. The first-order valence-electron chi connectivity index (χ1n) is 9.52. The van der Waals surface area contributed by atoms with E-state index in [0.29, 0.717) is 23.7 Å². The van der Waals surface area contributed by atoms with Gasteiger partial charge in [0.05, 0.1) is 0 Å². The first-order chi connectivity index (χ1) is 12.8. The number of amides is 1. The van der Waals surface area contributed by atoms with Gasteiger partial charge in [0, 0.05) is 24.1 Å². The Kier molecular flexibility index (Phi) is 3.98. The van der Waals surface area contributed by atoms with Gasteiger partial charge in [-0.3, -0.25) is 10.2 Å². The van der Waals surface area contributed by atoms with Gasteiger partial charge in [0.2, 0.25) is 17.6 Å². The maximum atomic E-state index is 13.2. The van der Waals surface area contributed by atoms with Crippen LogP contribution < -0.4 is 10.9 Å². The van der Waals surface area contributed by atoms with Crippen LogP contribution in [0.1, 0.15) is 44.0 Å². The first kappa shape index (κ1) is 16.0. The van der Waals surface area contributed by atoms with Crippen molar-refractivity contribution in [3.05, 3.63) is 36.2 Å². The summed E-state index contributed by atoms with van der Waals surface area (Å²) in [5, 5.41) is 4.12. The van der Waals surface area contributed by atoms with E-state index in [-0.39, 0.29) is 18.0 Å². The van der Waals surface area contributed by atoms with Gasteiger partial charge < -0.3 is 9.42 Å². The van der Waals surface area contributed by atoms with Gasteiger partial charge >= 0.3 is 0 Å². The van der Waals surface area contributed by atoms with Crippen molar-refractivity contribution in [1.29, 1.82) is 0 Å². The average Bonchev–Trinajstić information content (AvgIpc) is 3.45. The number of carbonyl (C=O) groups is 1. The number of benzene rings is 1. The van der Waals surface area contributed by atoms with Crippen LogP contribution in [0.3, 0.4) is 0 Å². The number of fused-ring (bicyclic) bond motifs is 1. The molecular formula is C19H23N5O2. The predicted molar refractivity (Wildman–Crippen MR) is 94.6 cm³/mol. The largest absolute Gasteiger partial charge is 0.337 e. The standard InChI is InChI=1S/C19H23N5O2/c25-19(16-13-8-4-9-14(13)21-22-16)24-11-5-10-15(24)18-20-17(23-26-18)12-6-2-1-3-7-12/h1-3,6-7,13-16,21-22H,4-5,8-11H2. The molecule has 26 heavy (non-hydrogen) atoms. The minimum atomic E-state index is -0.139. The Morgan fingerprint density at radius 2 is 2.00 bits per heavy atom. The van der Waals surface area contributed by atoms with Crippen LogP contribution in [-0.4, -0.2) is 39.6 Å². The molecule has 1 aliphatic carbocycles. The molecule has 2 aliphatic heterocycles. The third kappa shape index (κ3) is 2.62. The van der Waals surface area contributed by atoms with E-state index in [1.54, 1.807) is 0 Å².